The number of anilines is 1. The Balaban J connectivity index is 1.46. The SMILES string of the molecule is CCOC(=O)c1ccc(-c2ccc([C@H]3Nc4ccccc4-c4nnc(SCC)nc4O3)o2)cc1. The minimum atomic E-state index is -0.619. The maximum atomic E-state index is 11.9. The number of fused-ring (bicyclic) bond motifs is 3. The molecule has 172 valence electrons. The molecule has 4 aromatic rings. The molecule has 0 spiro atoms. The van der Waals surface area contributed by atoms with Crippen molar-refractivity contribution < 1.29 is 18.7 Å². The number of benzene rings is 2. The zero-order valence-corrected chi connectivity index (χ0v) is 19.5. The number of esters is 1. The van der Waals surface area contributed by atoms with Gasteiger partial charge in [-0.2, -0.15) is 4.98 Å². The molecule has 1 atom stereocenters. The summed E-state index contributed by atoms with van der Waals surface area (Å²) in [6, 6.07) is 18.6. The van der Waals surface area contributed by atoms with E-state index in [2.05, 4.69) is 20.5 Å². The van der Waals surface area contributed by atoms with E-state index >= 15 is 0 Å². The Hall–Kier alpha value is -3.85. The average molecular weight is 475 g/mol. The number of carbonyl (C=O) groups is 1. The van der Waals surface area contributed by atoms with Gasteiger partial charge in [-0.1, -0.05) is 49.0 Å². The van der Waals surface area contributed by atoms with E-state index < -0.39 is 6.23 Å². The van der Waals surface area contributed by atoms with E-state index in [0.717, 1.165) is 22.6 Å². The Morgan fingerprint density at radius 2 is 1.88 bits per heavy atom. The maximum absolute atomic E-state index is 11.9. The Kier molecular flexibility index (Phi) is 6.18. The highest BCUT2D eigenvalue weighted by molar-refractivity contribution is 7.99. The Bertz CT molecular complexity index is 1320. The number of nitrogens with zero attached hydrogens (tertiary/aromatic N) is 3. The standard InChI is InChI=1S/C25H22N4O4S/c1-3-31-24(30)16-11-9-15(10-12-16)19-13-14-20(32-19)22-26-18-8-6-5-7-17(18)21-23(33-22)27-25(29-28-21)34-4-2/h5-14,22,26H,3-4H2,1-2H3/t22-/m0/s1. The van der Waals surface area contributed by atoms with Crippen molar-refractivity contribution in [3.8, 4) is 28.5 Å². The quantitative estimate of drug-likeness (QED) is 0.283. The van der Waals surface area contributed by atoms with E-state index in [-0.39, 0.29) is 5.97 Å². The van der Waals surface area contributed by atoms with Crippen LogP contribution in [-0.2, 0) is 4.74 Å². The van der Waals surface area contributed by atoms with Crippen molar-refractivity contribution in [1.29, 1.82) is 0 Å². The number of nitrogens with one attached hydrogen (secondary N) is 1. The second kappa shape index (κ2) is 9.56. The molecule has 8 nitrogen and oxygen atoms in total. The topological polar surface area (TPSA) is 99.4 Å². The molecule has 0 aliphatic carbocycles. The molecule has 0 amide bonds. The van der Waals surface area contributed by atoms with E-state index in [9.17, 15) is 4.79 Å². The monoisotopic (exact) mass is 474 g/mol. The molecule has 3 heterocycles. The van der Waals surface area contributed by atoms with Crippen molar-refractivity contribution in [2.45, 2.75) is 25.2 Å². The fraction of sp³-hybridized carbons (Fsp3) is 0.200. The molecule has 0 fully saturated rings. The van der Waals surface area contributed by atoms with Crippen LogP contribution in [0.1, 0.15) is 36.2 Å². The fourth-order valence-electron chi connectivity index (χ4n) is 3.60. The van der Waals surface area contributed by atoms with Crippen LogP contribution in [-0.4, -0.2) is 33.5 Å². The van der Waals surface area contributed by atoms with Gasteiger partial charge in [0.05, 0.1) is 12.2 Å². The third-order valence-electron chi connectivity index (χ3n) is 5.17. The first kappa shape index (κ1) is 22.0. The van der Waals surface area contributed by atoms with Gasteiger partial charge in [0.15, 0.2) is 11.5 Å². The molecule has 1 aliphatic heterocycles. The molecule has 5 rings (SSSR count). The number of hydrogen-bond donors (Lipinski definition) is 1. The molecule has 1 aliphatic rings. The molecule has 0 saturated carbocycles. The first-order chi connectivity index (χ1) is 16.7. The van der Waals surface area contributed by atoms with Gasteiger partial charge < -0.3 is 19.2 Å². The summed E-state index contributed by atoms with van der Waals surface area (Å²) in [4.78, 5) is 16.5. The van der Waals surface area contributed by atoms with Gasteiger partial charge in [0, 0.05) is 16.8 Å². The number of hydrogen-bond acceptors (Lipinski definition) is 9. The molecule has 34 heavy (non-hydrogen) atoms. The molecule has 0 bridgehead atoms. The Morgan fingerprint density at radius 1 is 1.06 bits per heavy atom. The van der Waals surface area contributed by atoms with Gasteiger partial charge in [0.2, 0.25) is 17.3 Å². The van der Waals surface area contributed by atoms with E-state index in [1.807, 2.05) is 55.5 Å². The third-order valence-corrected chi connectivity index (χ3v) is 5.89. The Labute approximate surface area is 200 Å². The highest BCUT2D eigenvalue weighted by Gasteiger charge is 2.28. The van der Waals surface area contributed by atoms with Crippen LogP contribution in [0, 0.1) is 0 Å². The van der Waals surface area contributed by atoms with Crippen LogP contribution in [0.5, 0.6) is 5.88 Å². The number of furan rings is 1. The van der Waals surface area contributed by atoms with Crippen LogP contribution in [0.2, 0.25) is 0 Å². The Morgan fingerprint density at radius 3 is 2.68 bits per heavy atom. The number of thioether (sulfide) groups is 1. The second-order valence-corrected chi connectivity index (χ2v) is 8.60. The lowest BCUT2D eigenvalue weighted by molar-refractivity contribution is 0.0526. The summed E-state index contributed by atoms with van der Waals surface area (Å²) >= 11 is 1.50. The fourth-order valence-corrected chi connectivity index (χ4v) is 4.10. The van der Waals surface area contributed by atoms with Crippen LogP contribution >= 0.6 is 11.8 Å². The molecule has 2 aromatic carbocycles. The summed E-state index contributed by atoms with van der Waals surface area (Å²) in [5.74, 6) is 2.10. The number of aromatic nitrogens is 3. The summed E-state index contributed by atoms with van der Waals surface area (Å²) < 4.78 is 17.4. The predicted octanol–water partition coefficient (Wildman–Crippen LogP) is 5.59. The smallest absolute Gasteiger partial charge is 0.338 e. The first-order valence-corrected chi connectivity index (χ1v) is 11.9. The molecular weight excluding hydrogens is 452 g/mol. The zero-order chi connectivity index (χ0) is 23.5. The van der Waals surface area contributed by atoms with Crippen LogP contribution in [0.3, 0.4) is 0 Å². The summed E-state index contributed by atoms with van der Waals surface area (Å²) in [6.07, 6.45) is -0.619. The highest BCUT2D eigenvalue weighted by atomic mass is 32.2. The van der Waals surface area contributed by atoms with Gasteiger partial charge >= 0.3 is 5.97 Å². The lowest BCUT2D eigenvalue weighted by Crippen LogP contribution is -2.16. The summed E-state index contributed by atoms with van der Waals surface area (Å²) in [5, 5.41) is 12.6. The van der Waals surface area contributed by atoms with E-state index in [0.29, 0.717) is 40.4 Å². The molecule has 0 unspecified atom stereocenters. The number of para-hydroxylation sites is 1. The van der Waals surface area contributed by atoms with E-state index in [4.69, 9.17) is 13.9 Å². The summed E-state index contributed by atoms with van der Waals surface area (Å²) in [6.45, 7) is 4.15. The number of rotatable bonds is 6. The molecule has 0 saturated heterocycles. The van der Waals surface area contributed by atoms with Gasteiger partial charge in [0.1, 0.15) is 5.76 Å². The average Bonchev–Trinajstić information content (AvgIpc) is 3.29. The second-order valence-electron chi connectivity index (χ2n) is 7.37. The van der Waals surface area contributed by atoms with Gasteiger partial charge in [-0.25, -0.2) is 4.79 Å². The number of carbonyl (C=O) groups excluding carboxylic acids is 1. The lowest BCUT2D eigenvalue weighted by atomic mass is 10.1. The zero-order valence-electron chi connectivity index (χ0n) is 18.6. The highest BCUT2D eigenvalue weighted by Crippen LogP contribution is 2.40. The van der Waals surface area contributed by atoms with E-state index in [1.165, 1.54) is 11.8 Å². The van der Waals surface area contributed by atoms with Gasteiger partial charge in [-0.3, -0.25) is 0 Å². The molecule has 2 aromatic heterocycles. The van der Waals surface area contributed by atoms with Crippen molar-refractivity contribution in [3.63, 3.8) is 0 Å². The van der Waals surface area contributed by atoms with Crippen molar-refractivity contribution in [2.24, 2.45) is 0 Å². The molecule has 1 N–H and O–H groups in total. The first-order valence-electron chi connectivity index (χ1n) is 10.9. The minimum Gasteiger partial charge on any atom is -0.462 e. The summed E-state index contributed by atoms with van der Waals surface area (Å²) in [7, 11) is 0. The van der Waals surface area contributed by atoms with E-state index in [1.54, 1.807) is 19.1 Å². The lowest BCUT2D eigenvalue weighted by Gasteiger charge is -2.16. The van der Waals surface area contributed by atoms with Crippen molar-refractivity contribution in [2.75, 3.05) is 17.7 Å². The molecule has 9 heteroatoms. The van der Waals surface area contributed by atoms with Crippen molar-refractivity contribution >= 4 is 23.4 Å². The predicted molar refractivity (Wildman–Crippen MR) is 129 cm³/mol. The maximum Gasteiger partial charge on any atom is 0.338 e. The van der Waals surface area contributed by atoms with Gasteiger partial charge in [-0.15, -0.1) is 10.2 Å². The van der Waals surface area contributed by atoms with Crippen LogP contribution in [0.25, 0.3) is 22.6 Å². The van der Waals surface area contributed by atoms with Crippen molar-refractivity contribution in [1.82, 2.24) is 15.2 Å². The third kappa shape index (κ3) is 4.34. The van der Waals surface area contributed by atoms with Crippen LogP contribution < -0.4 is 10.1 Å². The summed E-state index contributed by atoms with van der Waals surface area (Å²) in [5.41, 5.74) is 3.60. The largest absolute Gasteiger partial charge is 0.462 e. The van der Waals surface area contributed by atoms with Crippen LogP contribution in [0.4, 0.5) is 5.69 Å². The minimum absolute atomic E-state index is 0.335. The normalized spacial score (nSPS) is 14.2. The molecular formula is C25H22N4O4S. The van der Waals surface area contributed by atoms with Gasteiger partial charge in [-0.05, 0) is 43.0 Å². The van der Waals surface area contributed by atoms with Crippen LogP contribution in [0.15, 0.2) is 70.2 Å². The van der Waals surface area contributed by atoms with Crippen molar-refractivity contribution in [3.05, 3.63) is 72.0 Å². The molecule has 0 radical (unpaired) electrons. The number of ether oxygens (including phenoxy) is 2. The van der Waals surface area contributed by atoms with Gasteiger partial charge in [0.25, 0.3) is 0 Å².